The lowest BCUT2D eigenvalue weighted by molar-refractivity contribution is 0.232. The number of halogens is 3. The first-order valence-electron chi connectivity index (χ1n) is 6.97. The van der Waals surface area contributed by atoms with E-state index in [1.807, 2.05) is 11.0 Å². The van der Waals surface area contributed by atoms with Crippen molar-refractivity contribution in [2.45, 2.75) is 12.5 Å². The molecule has 2 aliphatic rings. The quantitative estimate of drug-likeness (QED) is 0.608. The van der Waals surface area contributed by atoms with Gasteiger partial charge in [-0.25, -0.2) is 9.37 Å². The van der Waals surface area contributed by atoms with Crippen LogP contribution in [0, 0.1) is 5.82 Å². The number of aromatic nitrogens is 3. The molecule has 1 aliphatic heterocycles. The van der Waals surface area contributed by atoms with Crippen LogP contribution in [-0.4, -0.2) is 41.3 Å². The van der Waals surface area contributed by atoms with Gasteiger partial charge in [-0.05, 0) is 24.1 Å². The zero-order valence-corrected chi connectivity index (χ0v) is 13.5. The number of rotatable bonds is 2. The smallest absolute Gasteiger partial charge is 0.228 e. The van der Waals surface area contributed by atoms with E-state index in [4.69, 9.17) is 32.7 Å². The van der Waals surface area contributed by atoms with Crippen LogP contribution in [0.2, 0.25) is 10.4 Å². The summed E-state index contributed by atoms with van der Waals surface area (Å²) in [5.41, 5.74) is -0.00999. The van der Waals surface area contributed by atoms with Crippen LogP contribution in [0.25, 0.3) is 10.9 Å². The van der Waals surface area contributed by atoms with Gasteiger partial charge < -0.3 is 14.4 Å². The van der Waals surface area contributed by atoms with Crippen LogP contribution < -0.4 is 9.64 Å². The Kier molecular flexibility index (Phi) is 3.42. The highest BCUT2D eigenvalue weighted by molar-refractivity contribution is 6.31. The summed E-state index contributed by atoms with van der Waals surface area (Å²) in [5.74, 6) is 0.752. The van der Waals surface area contributed by atoms with Crippen LogP contribution in [0.5, 0.6) is 5.88 Å². The molecule has 6 nitrogen and oxygen atoms in total. The maximum absolute atomic E-state index is 14.4. The molecule has 0 radical (unpaired) electrons. The van der Waals surface area contributed by atoms with Crippen LogP contribution in [0.15, 0.2) is 11.8 Å². The van der Waals surface area contributed by atoms with E-state index in [0.29, 0.717) is 24.4 Å². The molecule has 3 heterocycles. The maximum Gasteiger partial charge on any atom is 0.228 e. The molecule has 2 aromatic rings. The summed E-state index contributed by atoms with van der Waals surface area (Å²) in [6.07, 6.45) is 2.77. The summed E-state index contributed by atoms with van der Waals surface area (Å²) in [5, 5.41) is -0.0389. The second kappa shape index (κ2) is 5.35. The molecule has 4 rings (SSSR count). The molecule has 1 atom stereocenters. The van der Waals surface area contributed by atoms with E-state index in [1.165, 1.54) is 7.11 Å². The number of hydrogen-bond acceptors (Lipinski definition) is 6. The van der Waals surface area contributed by atoms with Crippen molar-refractivity contribution in [1.82, 2.24) is 15.0 Å². The fourth-order valence-electron chi connectivity index (χ4n) is 2.71. The predicted octanol–water partition coefficient (Wildman–Crippen LogP) is 2.97. The molecule has 0 spiro atoms. The highest BCUT2D eigenvalue weighted by Crippen LogP contribution is 2.40. The number of hydrogen-bond donors (Lipinski definition) is 0. The minimum Gasteiger partial charge on any atom is -0.496 e. The van der Waals surface area contributed by atoms with E-state index in [-0.39, 0.29) is 27.9 Å². The molecule has 0 bridgehead atoms. The third-order valence-corrected chi connectivity index (χ3v) is 4.20. The van der Waals surface area contributed by atoms with Gasteiger partial charge in [0.2, 0.25) is 11.2 Å². The topological polar surface area (TPSA) is 60.4 Å². The molecule has 0 amide bonds. The molecule has 1 aliphatic carbocycles. The molecule has 1 fully saturated rings. The Morgan fingerprint density at radius 3 is 2.96 bits per heavy atom. The summed E-state index contributed by atoms with van der Waals surface area (Å²) in [4.78, 5) is 14.2. The van der Waals surface area contributed by atoms with Crippen molar-refractivity contribution in [2.75, 3.05) is 25.2 Å². The summed E-state index contributed by atoms with van der Waals surface area (Å²) in [7, 11) is 1.43. The average molecular weight is 357 g/mol. The van der Waals surface area contributed by atoms with E-state index in [9.17, 15) is 4.39 Å². The normalized spacial score (nSPS) is 19.7. The SMILES string of the molecule is COc1nc(Cl)c(F)c2nc(Cl)nc(N3CCCOC4=CC43)c12. The first-order valence-corrected chi connectivity index (χ1v) is 7.73. The molecular formula is C14H11Cl2FN4O2. The fraction of sp³-hybridized carbons (Fsp3) is 0.357. The highest BCUT2D eigenvalue weighted by atomic mass is 35.5. The van der Waals surface area contributed by atoms with E-state index >= 15 is 0 Å². The zero-order chi connectivity index (χ0) is 16.1. The largest absolute Gasteiger partial charge is 0.496 e. The van der Waals surface area contributed by atoms with Crippen molar-refractivity contribution in [1.29, 1.82) is 0 Å². The summed E-state index contributed by atoms with van der Waals surface area (Å²) >= 11 is 11.8. The average Bonchev–Trinajstić information content (AvgIpc) is 3.30. The number of methoxy groups -OCH3 is 1. The fourth-order valence-corrected chi connectivity index (χ4v) is 3.04. The van der Waals surface area contributed by atoms with Gasteiger partial charge in [0.1, 0.15) is 28.5 Å². The van der Waals surface area contributed by atoms with Gasteiger partial charge in [-0.15, -0.1) is 0 Å². The van der Waals surface area contributed by atoms with Crippen LogP contribution in [-0.2, 0) is 4.74 Å². The monoisotopic (exact) mass is 356 g/mol. The lowest BCUT2D eigenvalue weighted by Gasteiger charge is -2.24. The number of nitrogens with zero attached hydrogens (tertiary/aromatic N) is 4. The van der Waals surface area contributed by atoms with Crippen molar-refractivity contribution >= 4 is 39.9 Å². The molecule has 120 valence electrons. The Hall–Kier alpha value is -1.86. The van der Waals surface area contributed by atoms with Crippen LogP contribution in [0.1, 0.15) is 6.42 Å². The lowest BCUT2D eigenvalue weighted by Crippen LogP contribution is -2.29. The number of fused-ring (bicyclic) bond motifs is 2. The molecule has 0 N–H and O–H groups in total. The Labute approximate surface area is 140 Å². The van der Waals surface area contributed by atoms with Gasteiger partial charge in [-0.3, -0.25) is 0 Å². The van der Waals surface area contributed by atoms with Gasteiger partial charge in [0.15, 0.2) is 11.0 Å². The number of anilines is 1. The van der Waals surface area contributed by atoms with E-state index < -0.39 is 5.82 Å². The molecule has 1 saturated heterocycles. The van der Waals surface area contributed by atoms with Crippen LogP contribution in [0.3, 0.4) is 0 Å². The third kappa shape index (κ3) is 2.35. The van der Waals surface area contributed by atoms with Crippen molar-refractivity contribution < 1.29 is 13.9 Å². The van der Waals surface area contributed by atoms with Gasteiger partial charge in [0.25, 0.3) is 0 Å². The van der Waals surface area contributed by atoms with Crippen LogP contribution in [0.4, 0.5) is 10.2 Å². The maximum atomic E-state index is 14.4. The number of ether oxygens (including phenoxy) is 2. The summed E-state index contributed by atoms with van der Waals surface area (Å²) in [6.45, 7) is 1.31. The minimum atomic E-state index is -0.747. The summed E-state index contributed by atoms with van der Waals surface area (Å²) in [6, 6.07) is -0.00453. The molecule has 0 saturated carbocycles. The van der Waals surface area contributed by atoms with Gasteiger partial charge in [-0.1, -0.05) is 11.6 Å². The first-order chi connectivity index (χ1) is 11.1. The molecule has 23 heavy (non-hydrogen) atoms. The Morgan fingerprint density at radius 2 is 2.17 bits per heavy atom. The van der Waals surface area contributed by atoms with Crippen molar-refractivity contribution in [3.63, 3.8) is 0 Å². The van der Waals surface area contributed by atoms with Gasteiger partial charge in [-0.2, -0.15) is 9.97 Å². The van der Waals surface area contributed by atoms with Crippen LogP contribution >= 0.6 is 23.2 Å². The Bertz CT molecular complexity index is 845. The minimum absolute atomic E-state index is 0.00453. The second-order valence-corrected chi connectivity index (χ2v) is 5.87. The van der Waals surface area contributed by atoms with E-state index in [1.54, 1.807) is 0 Å². The Morgan fingerprint density at radius 1 is 1.35 bits per heavy atom. The molecule has 2 aromatic heterocycles. The van der Waals surface area contributed by atoms with Gasteiger partial charge >= 0.3 is 0 Å². The van der Waals surface area contributed by atoms with Crippen molar-refractivity contribution in [3.8, 4) is 5.88 Å². The predicted molar refractivity (Wildman–Crippen MR) is 83.6 cm³/mol. The molecule has 0 aromatic carbocycles. The van der Waals surface area contributed by atoms with Gasteiger partial charge in [0.05, 0.1) is 13.7 Å². The molecule has 1 unspecified atom stereocenters. The van der Waals surface area contributed by atoms with Crippen molar-refractivity contribution in [3.05, 3.63) is 28.1 Å². The molecular weight excluding hydrogens is 346 g/mol. The van der Waals surface area contributed by atoms with E-state index in [0.717, 1.165) is 12.2 Å². The third-order valence-electron chi connectivity index (χ3n) is 3.78. The first kappa shape index (κ1) is 14.7. The standard InChI is InChI=1S/C14H11Cl2FN4O2/c1-22-13-8-10(9(17)11(15)19-13)18-14(16)20-12(8)21-3-2-4-23-7-5-6(7)21/h5-6H,2-4H2,1H3. The lowest BCUT2D eigenvalue weighted by atomic mass is 10.2. The highest BCUT2D eigenvalue weighted by Gasteiger charge is 2.38. The van der Waals surface area contributed by atoms with Gasteiger partial charge in [0, 0.05) is 6.54 Å². The van der Waals surface area contributed by atoms with E-state index in [2.05, 4.69) is 15.0 Å². The number of pyridine rings is 1. The van der Waals surface area contributed by atoms with Crippen molar-refractivity contribution in [2.24, 2.45) is 0 Å². The molecule has 9 heteroatoms. The Balaban J connectivity index is 1.97. The zero-order valence-electron chi connectivity index (χ0n) is 12.0. The second-order valence-electron chi connectivity index (χ2n) is 5.18. The summed E-state index contributed by atoms with van der Waals surface area (Å²) < 4.78 is 25.2.